The van der Waals surface area contributed by atoms with E-state index in [1.165, 1.54) is 0 Å². The molecule has 0 aromatic carbocycles. The predicted molar refractivity (Wildman–Crippen MR) is 62.0 cm³/mol. The average Bonchev–Trinajstić information content (AvgIpc) is 2.30. The number of nitrogens with two attached hydrogens (primary N) is 1. The largest absolute Gasteiger partial charge is 0.351 e. The van der Waals surface area contributed by atoms with Crippen molar-refractivity contribution in [2.75, 3.05) is 13.2 Å². The molecule has 0 aliphatic carbocycles. The Balaban J connectivity index is 2.91. The van der Waals surface area contributed by atoms with Crippen LogP contribution in [0.25, 0.3) is 0 Å². The van der Waals surface area contributed by atoms with Crippen LogP contribution in [-0.2, 0) is 13.6 Å². The highest BCUT2D eigenvalue weighted by Crippen LogP contribution is 2.58. The Morgan fingerprint density at radius 1 is 1.31 bits per heavy atom. The van der Waals surface area contributed by atoms with Crippen LogP contribution in [0, 0.1) is 0 Å². The zero-order chi connectivity index (χ0) is 12.0. The molecule has 1 heterocycles. The van der Waals surface area contributed by atoms with Gasteiger partial charge in [-0.2, -0.15) is 0 Å². The van der Waals surface area contributed by atoms with E-state index in [4.69, 9.17) is 14.8 Å². The lowest BCUT2D eigenvalue weighted by atomic mass is 10.3. The van der Waals surface area contributed by atoms with E-state index in [9.17, 15) is 4.57 Å². The molecule has 0 bridgehead atoms. The molecule has 0 amide bonds. The molecule has 5 nitrogen and oxygen atoms in total. The molecule has 0 saturated carbocycles. The summed E-state index contributed by atoms with van der Waals surface area (Å²) in [4.78, 5) is 3.87. The minimum atomic E-state index is -3.28. The fourth-order valence-electron chi connectivity index (χ4n) is 1.30. The lowest BCUT2D eigenvalue weighted by molar-refractivity contribution is 0.212. The van der Waals surface area contributed by atoms with E-state index in [-0.39, 0.29) is 0 Å². The summed E-state index contributed by atoms with van der Waals surface area (Å²) < 4.78 is 22.7. The van der Waals surface area contributed by atoms with Gasteiger partial charge in [0.2, 0.25) is 0 Å². The van der Waals surface area contributed by atoms with E-state index in [0.717, 1.165) is 0 Å². The maximum Gasteiger partial charge on any atom is 0.351 e. The van der Waals surface area contributed by atoms with Crippen LogP contribution in [-0.4, -0.2) is 18.2 Å². The highest BCUT2D eigenvalue weighted by Gasteiger charge is 2.33. The van der Waals surface area contributed by atoms with Crippen molar-refractivity contribution < 1.29 is 13.6 Å². The van der Waals surface area contributed by atoms with Crippen molar-refractivity contribution in [1.82, 2.24) is 4.98 Å². The molecular weight excluding hydrogens is 227 g/mol. The van der Waals surface area contributed by atoms with Crippen LogP contribution in [0.2, 0.25) is 0 Å². The molecule has 2 N–H and O–H groups in total. The number of nitrogens with zero attached hydrogens (tertiary/aromatic N) is 1. The first-order valence-electron chi connectivity index (χ1n) is 5.18. The normalized spacial score (nSPS) is 13.7. The number of aromatic nitrogens is 1. The fourth-order valence-corrected chi connectivity index (χ4v) is 2.95. The summed E-state index contributed by atoms with van der Waals surface area (Å²) >= 11 is 0. The van der Waals surface area contributed by atoms with Crippen molar-refractivity contribution in [1.29, 1.82) is 0 Å². The van der Waals surface area contributed by atoms with Gasteiger partial charge in [0.25, 0.3) is 0 Å². The van der Waals surface area contributed by atoms with Gasteiger partial charge in [0.1, 0.15) is 5.78 Å². The summed E-state index contributed by atoms with van der Waals surface area (Å²) in [6, 6.07) is 3.41. The second-order valence-corrected chi connectivity index (χ2v) is 5.25. The van der Waals surface area contributed by atoms with Crippen LogP contribution < -0.4 is 5.73 Å². The average molecular weight is 244 g/mol. The lowest BCUT2D eigenvalue weighted by Gasteiger charge is -2.23. The topological polar surface area (TPSA) is 74.4 Å². The third-order valence-corrected chi connectivity index (χ3v) is 4.22. The van der Waals surface area contributed by atoms with E-state index in [1.807, 2.05) is 0 Å². The Morgan fingerprint density at radius 3 is 2.25 bits per heavy atom. The van der Waals surface area contributed by atoms with Crippen molar-refractivity contribution in [3.8, 4) is 0 Å². The predicted octanol–water partition coefficient (Wildman–Crippen LogP) is 2.31. The minimum absolute atomic E-state index is 0.302. The molecule has 16 heavy (non-hydrogen) atoms. The first-order chi connectivity index (χ1) is 7.64. The maximum absolute atomic E-state index is 12.3. The summed E-state index contributed by atoms with van der Waals surface area (Å²) in [5.74, 6) is -0.768. The van der Waals surface area contributed by atoms with Crippen LogP contribution in [0.5, 0.6) is 0 Å². The van der Waals surface area contributed by atoms with Crippen LogP contribution in [0.15, 0.2) is 24.5 Å². The van der Waals surface area contributed by atoms with Crippen molar-refractivity contribution in [3.05, 3.63) is 30.1 Å². The van der Waals surface area contributed by atoms with Gasteiger partial charge in [-0.1, -0.05) is 0 Å². The van der Waals surface area contributed by atoms with Gasteiger partial charge in [-0.25, -0.2) is 0 Å². The van der Waals surface area contributed by atoms with Crippen LogP contribution in [0.1, 0.15) is 25.2 Å². The van der Waals surface area contributed by atoms with E-state index in [0.29, 0.717) is 18.8 Å². The Kier molecular flexibility index (Phi) is 5.09. The highest BCUT2D eigenvalue weighted by molar-refractivity contribution is 7.54. The molecule has 1 unspecified atom stereocenters. The molecule has 6 heteroatoms. The van der Waals surface area contributed by atoms with Crippen LogP contribution in [0.4, 0.5) is 0 Å². The van der Waals surface area contributed by atoms with Gasteiger partial charge in [0.15, 0.2) is 0 Å². The smallest absolute Gasteiger partial charge is 0.314 e. The van der Waals surface area contributed by atoms with Crippen LogP contribution >= 0.6 is 7.60 Å². The molecule has 1 atom stereocenters. The number of rotatable bonds is 6. The second-order valence-electron chi connectivity index (χ2n) is 3.10. The Labute approximate surface area is 95.5 Å². The molecule has 0 saturated heterocycles. The van der Waals surface area contributed by atoms with Crippen LogP contribution in [0.3, 0.4) is 0 Å². The summed E-state index contributed by atoms with van der Waals surface area (Å²) in [6.07, 6.45) is 3.19. The Morgan fingerprint density at radius 2 is 1.81 bits per heavy atom. The minimum Gasteiger partial charge on any atom is -0.314 e. The van der Waals surface area contributed by atoms with Gasteiger partial charge in [0, 0.05) is 12.4 Å². The first kappa shape index (κ1) is 13.3. The highest BCUT2D eigenvalue weighted by atomic mass is 31.2. The standard InChI is InChI=1S/C10H17N2O3P/c1-3-14-16(13,15-4-2)10(11)9-5-7-12-8-6-9/h5-8,10H,3-4,11H2,1-2H3. The SMILES string of the molecule is CCOP(=O)(OCC)C(N)c1ccncc1. The Hall–Kier alpha value is -0.740. The molecule has 0 fully saturated rings. The van der Waals surface area contributed by atoms with E-state index in [2.05, 4.69) is 4.98 Å². The van der Waals surface area contributed by atoms with Gasteiger partial charge >= 0.3 is 7.60 Å². The molecular formula is C10H17N2O3P. The zero-order valence-corrected chi connectivity index (χ0v) is 10.4. The first-order valence-corrected chi connectivity index (χ1v) is 6.79. The lowest BCUT2D eigenvalue weighted by Crippen LogP contribution is -2.15. The summed E-state index contributed by atoms with van der Waals surface area (Å²) in [5, 5.41) is 0. The quantitative estimate of drug-likeness (QED) is 0.777. The molecule has 0 aliphatic rings. The monoisotopic (exact) mass is 244 g/mol. The fraction of sp³-hybridized carbons (Fsp3) is 0.500. The van der Waals surface area contributed by atoms with E-state index < -0.39 is 13.4 Å². The van der Waals surface area contributed by atoms with Gasteiger partial charge in [-0.15, -0.1) is 0 Å². The van der Waals surface area contributed by atoms with Crippen molar-refractivity contribution in [2.45, 2.75) is 19.6 Å². The molecule has 1 aromatic heterocycles. The molecule has 0 radical (unpaired) electrons. The third-order valence-electron chi connectivity index (χ3n) is 2.01. The summed E-state index contributed by atoms with van der Waals surface area (Å²) in [7, 11) is -3.28. The van der Waals surface area contributed by atoms with Gasteiger partial charge in [-0.3, -0.25) is 9.55 Å². The Bertz CT molecular complexity index is 348. The number of hydrogen-bond acceptors (Lipinski definition) is 5. The zero-order valence-electron chi connectivity index (χ0n) is 9.50. The molecule has 1 rings (SSSR count). The third kappa shape index (κ3) is 3.12. The summed E-state index contributed by atoms with van der Waals surface area (Å²) in [6.45, 7) is 4.11. The van der Waals surface area contributed by atoms with Gasteiger partial charge < -0.3 is 14.8 Å². The van der Waals surface area contributed by atoms with Crippen molar-refractivity contribution in [3.63, 3.8) is 0 Å². The van der Waals surface area contributed by atoms with Crippen molar-refractivity contribution in [2.24, 2.45) is 5.73 Å². The van der Waals surface area contributed by atoms with Gasteiger partial charge in [0.05, 0.1) is 13.2 Å². The summed E-state index contributed by atoms with van der Waals surface area (Å²) in [5.41, 5.74) is 6.60. The molecule has 1 aromatic rings. The second kappa shape index (κ2) is 6.11. The molecule has 90 valence electrons. The number of hydrogen-bond donors (Lipinski definition) is 1. The van der Waals surface area contributed by atoms with E-state index >= 15 is 0 Å². The van der Waals surface area contributed by atoms with Crippen molar-refractivity contribution >= 4 is 7.60 Å². The van der Waals surface area contributed by atoms with Gasteiger partial charge in [-0.05, 0) is 31.5 Å². The molecule has 0 spiro atoms. The maximum atomic E-state index is 12.3. The molecule has 0 aliphatic heterocycles. The number of pyridine rings is 1. The van der Waals surface area contributed by atoms with E-state index in [1.54, 1.807) is 38.4 Å².